The minimum absolute atomic E-state index is 0. The zero-order valence-corrected chi connectivity index (χ0v) is 24.5. The normalized spacial score (nSPS) is 11.5. The van der Waals surface area contributed by atoms with Crippen LogP contribution in [-0.2, 0) is 30.3 Å². The number of hydrogen-bond donors (Lipinski definition) is 1. The van der Waals surface area contributed by atoms with Gasteiger partial charge in [-0.15, -0.1) is 46.7 Å². The number of rotatable bonds is 3. The van der Waals surface area contributed by atoms with Crippen molar-refractivity contribution in [1.82, 2.24) is 4.98 Å². The fourth-order valence-electron chi connectivity index (χ4n) is 3.79. The zero-order chi connectivity index (χ0) is 25.0. The van der Waals surface area contributed by atoms with Gasteiger partial charge in [0.2, 0.25) is 0 Å². The van der Waals surface area contributed by atoms with Crippen LogP contribution in [0.15, 0.2) is 66.6 Å². The molecule has 4 rings (SSSR count). The predicted molar refractivity (Wildman–Crippen MR) is 145 cm³/mol. The van der Waals surface area contributed by atoms with Gasteiger partial charge in [-0.25, -0.2) is 0 Å². The maximum Gasteiger partial charge on any atom is 0.155 e. The summed E-state index contributed by atoms with van der Waals surface area (Å²) >= 11 is 1.82. The van der Waals surface area contributed by atoms with E-state index in [1.807, 2.05) is 23.6 Å². The molecule has 0 saturated heterocycles. The molecule has 0 bridgehead atoms. The van der Waals surface area contributed by atoms with Crippen LogP contribution < -0.4 is 0 Å². The van der Waals surface area contributed by atoms with Crippen molar-refractivity contribution in [2.45, 2.75) is 53.9 Å². The van der Waals surface area contributed by atoms with Gasteiger partial charge in [0.15, 0.2) is 5.78 Å². The van der Waals surface area contributed by atoms with Crippen LogP contribution >= 0.6 is 11.3 Å². The van der Waals surface area contributed by atoms with Gasteiger partial charge in [0, 0.05) is 37.3 Å². The number of aryl methyl sites for hydroxylation is 2. The van der Waals surface area contributed by atoms with Gasteiger partial charge in [-0.3, -0.25) is 4.79 Å². The molecule has 4 aromatic rings. The second kappa shape index (κ2) is 11.9. The Morgan fingerprint density at radius 1 is 1.06 bits per heavy atom. The van der Waals surface area contributed by atoms with Gasteiger partial charge in [0.05, 0.1) is 10.5 Å². The summed E-state index contributed by atoms with van der Waals surface area (Å²) in [7, 11) is 0. The predicted octanol–water partition coefficient (Wildman–Crippen LogP) is 8.38. The summed E-state index contributed by atoms with van der Waals surface area (Å²) in [5, 5.41) is 9.61. The number of aromatic nitrogens is 1. The van der Waals surface area contributed by atoms with Crippen LogP contribution in [0, 0.1) is 19.9 Å². The SMILES string of the molecule is CC(=O)/C=C(/C)O.Cc1cccc(C)c1-c1cc2cc(-c3[c-]ccc(C(C)(C)C)c3)ncc2s1.[Ir]. The third kappa shape index (κ3) is 7.44. The number of hydrogen-bond acceptors (Lipinski definition) is 4. The number of carbonyl (C=O) groups excluding carboxylic acids is 1. The van der Waals surface area contributed by atoms with E-state index in [1.54, 1.807) is 0 Å². The van der Waals surface area contributed by atoms with Crippen LogP contribution in [0.2, 0.25) is 0 Å². The van der Waals surface area contributed by atoms with E-state index in [9.17, 15) is 4.79 Å². The Hall–Kier alpha value is -2.59. The van der Waals surface area contributed by atoms with Crippen molar-refractivity contribution < 1.29 is 30.0 Å². The summed E-state index contributed by atoms with van der Waals surface area (Å²) in [5.74, 6) is -0.0625. The minimum atomic E-state index is -0.125. The van der Waals surface area contributed by atoms with Crippen LogP contribution in [0.5, 0.6) is 0 Å². The first-order valence-electron chi connectivity index (χ1n) is 11.3. The summed E-state index contributed by atoms with van der Waals surface area (Å²) < 4.78 is 1.23. The largest absolute Gasteiger partial charge is 0.512 e. The number of nitrogens with zero attached hydrogens (tertiary/aromatic N) is 1. The van der Waals surface area contributed by atoms with Crippen molar-refractivity contribution >= 4 is 27.2 Å². The van der Waals surface area contributed by atoms with E-state index >= 15 is 0 Å². The number of carbonyl (C=O) groups is 1. The number of pyridine rings is 1. The first-order chi connectivity index (χ1) is 16.0. The molecule has 2 heterocycles. The fourth-order valence-corrected chi connectivity index (χ4v) is 4.98. The Balaban J connectivity index is 0.000000476. The van der Waals surface area contributed by atoms with Crippen molar-refractivity contribution in [2.75, 3.05) is 0 Å². The van der Waals surface area contributed by atoms with E-state index in [4.69, 9.17) is 10.1 Å². The maximum atomic E-state index is 10.0. The Bertz CT molecular complexity index is 1340. The Labute approximate surface area is 226 Å². The maximum absolute atomic E-state index is 10.0. The van der Waals surface area contributed by atoms with Gasteiger partial charge in [-0.05, 0) is 66.9 Å². The molecule has 2 aromatic heterocycles. The van der Waals surface area contributed by atoms with Gasteiger partial charge in [-0.1, -0.05) is 45.0 Å². The van der Waals surface area contributed by atoms with Crippen LogP contribution in [0.1, 0.15) is 51.3 Å². The molecule has 0 fully saturated rings. The third-order valence-electron chi connectivity index (χ3n) is 5.49. The van der Waals surface area contributed by atoms with Crippen LogP contribution in [0.25, 0.3) is 31.8 Å². The number of aliphatic hydroxyl groups is 1. The van der Waals surface area contributed by atoms with E-state index in [-0.39, 0.29) is 37.1 Å². The second-order valence-corrected chi connectivity index (χ2v) is 10.7. The number of aliphatic hydroxyl groups excluding tert-OH is 1. The standard InChI is InChI=1S/C25H24NS.C5H8O2.Ir/c1-16-8-6-9-17(2)24(16)22-14-19-13-21(26-15-23(19)27-22)18-10-7-11-20(12-18)25(3,4)5;1-4(6)3-5(2)7;/h6-9,11-15H,1-5H3;3,6H,1-2H3;/q-1;;/b;4-3-;. The number of fused-ring (bicyclic) bond motifs is 1. The average Bonchev–Trinajstić information content (AvgIpc) is 3.15. The third-order valence-corrected chi connectivity index (χ3v) is 6.59. The topological polar surface area (TPSA) is 50.2 Å². The van der Waals surface area contributed by atoms with Crippen LogP contribution in [0.4, 0.5) is 0 Å². The summed E-state index contributed by atoms with van der Waals surface area (Å²) in [6, 6.07) is 20.7. The zero-order valence-electron chi connectivity index (χ0n) is 21.3. The average molecular weight is 663 g/mol. The number of allylic oxidation sites excluding steroid dienone is 2. The van der Waals surface area contributed by atoms with Crippen molar-refractivity contribution in [3.63, 3.8) is 0 Å². The Morgan fingerprint density at radius 3 is 2.26 bits per heavy atom. The summed E-state index contributed by atoms with van der Waals surface area (Å²) in [6.07, 6.45) is 3.17. The molecule has 185 valence electrons. The van der Waals surface area contributed by atoms with Crippen LogP contribution in [0.3, 0.4) is 0 Å². The van der Waals surface area contributed by atoms with Gasteiger partial charge >= 0.3 is 0 Å². The molecular weight excluding hydrogens is 631 g/mol. The molecule has 0 aliphatic carbocycles. The number of thiophene rings is 1. The Kier molecular flexibility index (Phi) is 9.74. The second-order valence-electron chi connectivity index (χ2n) is 9.62. The Morgan fingerprint density at radius 2 is 1.71 bits per heavy atom. The molecule has 5 heteroatoms. The van der Waals surface area contributed by atoms with Crippen LogP contribution in [-0.4, -0.2) is 15.9 Å². The van der Waals surface area contributed by atoms with E-state index in [0.29, 0.717) is 0 Å². The molecule has 0 saturated carbocycles. The first-order valence-corrected chi connectivity index (χ1v) is 12.1. The van der Waals surface area contributed by atoms with Gasteiger partial charge in [0.25, 0.3) is 0 Å². The van der Waals surface area contributed by atoms with E-state index < -0.39 is 0 Å². The molecule has 1 N–H and O–H groups in total. The molecule has 3 nitrogen and oxygen atoms in total. The van der Waals surface area contributed by atoms with Crippen molar-refractivity contribution in [3.8, 4) is 21.7 Å². The molecule has 0 aliphatic rings. The number of ketones is 1. The summed E-state index contributed by atoms with van der Waals surface area (Å²) in [4.78, 5) is 16.1. The monoisotopic (exact) mass is 663 g/mol. The molecule has 0 atom stereocenters. The fraction of sp³-hybridized carbons (Fsp3) is 0.267. The molecule has 0 unspecified atom stereocenters. The summed E-state index contributed by atoms with van der Waals surface area (Å²) in [5.41, 5.74) is 7.46. The molecule has 0 amide bonds. The molecule has 2 aromatic carbocycles. The van der Waals surface area contributed by atoms with Gasteiger partial charge in [-0.2, -0.15) is 0 Å². The number of benzene rings is 2. The van der Waals surface area contributed by atoms with Gasteiger partial charge in [0.1, 0.15) is 0 Å². The minimum Gasteiger partial charge on any atom is -0.512 e. The van der Waals surface area contributed by atoms with E-state index in [0.717, 1.165) is 11.3 Å². The van der Waals surface area contributed by atoms with E-state index in [2.05, 4.69) is 83.1 Å². The molecule has 0 aliphatic heterocycles. The van der Waals surface area contributed by atoms with Crippen molar-refractivity contribution in [3.05, 3.63) is 89.3 Å². The van der Waals surface area contributed by atoms with Crippen molar-refractivity contribution in [2.24, 2.45) is 0 Å². The smallest absolute Gasteiger partial charge is 0.155 e. The first kappa shape index (κ1) is 28.6. The van der Waals surface area contributed by atoms with E-state index in [1.165, 1.54) is 57.1 Å². The summed E-state index contributed by atoms with van der Waals surface area (Å²) in [6.45, 7) is 13.9. The van der Waals surface area contributed by atoms with Gasteiger partial charge < -0.3 is 10.1 Å². The van der Waals surface area contributed by atoms with Crippen molar-refractivity contribution in [1.29, 1.82) is 0 Å². The molecule has 1 radical (unpaired) electrons. The molecule has 35 heavy (non-hydrogen) atoms. The quantitative estimate of drug-likeness (QED) is 0.136. The molecular formula is C30H32IrNO2S-. The molecule has 0 spiro atoms.